The number of para-hydroxylation sites is 1. The second-order valence-electron chi connectivity index (χ2n) is 4.77. The molecule has 0 bridgehead atoms. The van der Waals surface area contributed by atoms with E-state index in [4.69, 9.17) is 0 Å². The largest absolute Gasteiger partial charge is 0.418 e. The third-order valence-electron chi connectivity index (χ3n) is 3.13. The lowest BCUT2D eigenvalue weighted by atomic mass is 10.1. The summed E-state index contributed by atoms with van der Waals surface area (Å²) in [5, 5.41) is 5.51. The van der Waals surface area contributed by atoms with Crippen LogP contribution in [0.15, 0.2) is 24.3 Å². The van der Waals surface area contributed by atoms with Crippen LogP contribution in [0.4, 0.5) is 23.7 Å². The lowest BCUT2D eigenvalue weighted by Crippen LogP contribution is -2.52. The minimum absolute atomic E-state index is 0.132. The molecule has 0 aromatic heterocycles. The number of piperazine rings is 1. The Bertz CT molecular complexity index is 490. The van der Waals surface area contributed by atoms with Gasteiger partial charge in [-0.05, 0) is 19.1 Å². The van der Waals surface area contributed by atoms with E-state index in [9.17, 15) is 18.0 Å². The molecule has 1 atom stereocenters. The number of amides is 2. The van der Waals surface area contributed by atoms with Crippen molar-refractivity contribution in [3.8, 4) is 0 Å². The van der Waals surface area contributed by atoms with Crippen molar-refractivity contribution in [2.75, 3.05) is 25.0 Å². The van der Waals surface area contributed by atoms with Crippen LogP contribution in [-0.2, 0) is 6.18 Å². The van der Waals surface area contributed by atoms with Gasteiger partial charge in [0, 0.05) is 25.7 Å². The van der Waals surface area contributed by atoms with Crippen molar-refractivity contribution in [2.24, 2.45) is 0 Å². The van der Waals surface area contributed by atoms with E-state index in [0.717, 1.165) is 6.07 Å². The van der Waals surface area contributed by atoms with E-state index in [1.807, 2.05) is 6.92 Å². The minimum Gasteiger partial charge on any atom is -0.322 e. The summed E-state index contributed by atoms with van der Waals surface area (Å²) in [4.78, 5) is 13.5. The first kappa shape index (κ1) is 14.6. The second kappa shape index (κ2) is 5.70. The van der Waals surface area contributed by atoms with Crippen LogP contribution < -0.4 is 10.6 Å². The molecule has 1 aliphatic rings. The molecule has 0 saturated carbocycles. The van der Waals surface area contributed by atoms with Crippen LogP contribution >= 0.6 is 0 Å². The molecule has 2 N–H and O–H groups in total. The van der Waals surface area contributed by atoms with Crippen molar-refractivity contribution in [3.05, 3.63) is 29.8 Å². The van der Waals surface area contributed by atoms with Crippen molar-refractivity contribution in [1.29, 1.82) is 0 Å². The molecule has 20 heavy (non-hydrogen) atoms. The van der Waals surface area contributed by atoms with E-state index in [1.54, 1.807) is 0 Å². The van der Waals surface area contributed by atoms with Gasteiger partial charge in [-0.25, -0.2) is 4.79 Å². The fourth-order valence-electron chi connectivity index (χ4n) is 2.15. The Morgan fingerprint density at radius 3 is 2.75 bits per heavy atom. The Labute approximate surface area is 114 Å². The van der Waals surface area contributed by atoms with E-state index < -0.39 is 17.8 Å². The zero-order valence-corrected chi connectivity index (χ0v) is 11.0. The van der Waals surface area contributed by atoms with Crippen LogP contribution in [0.1, 0.15) is 12.5 Å². The molecular formula is C13H16F3N3O. The molecule has 2 amide bonds. The molecule has 2 rings (SSSR count). The molecule has 0 unspecified atom stereocenters. The smallest absolute Gasteiger partial charge is 0.322 e. The maximum absolute atomic E-state index is 12.8. The van der Waals surface area contributed by atoms with Crippen LogP contribution in [0, 0.1) is 0 Å². The SMILES string of the molecule is C[C@@H]1CN(C(=O)Nc2ccccc2C(F)(F)F)CCN1. The molecule has 1 fully saturated rings. The number of urea groups is 1. The number of benzene rings is 1. The number of hydrogen-bond acceptors (Lipinski definition) is 2. The molecule has 1 aromatic rings. The topological polar surface area (TPSA) is 44.4 Å². The Hall–Kier alpha value is -1.76. The van der Waals surface area contributed by atoms with Gasteiger partial charge >= 0.3 is 12.2 Å². The molecule has 1 saturated heterocycles. The van der Waals surface area contributed by atoms with Crippen LogP contribution in [0.5, 0.6) is 0 Å². The van der Waals surface area contributed by atoms with E-state index in [0.29, 0.717) is 19.6 Å². The van der Waals surface area contributed by atoms with Gasteiger partial charge in [0.05, 0.1) is 11.3 Å². The van der Waals surface area contributed by atoms with Crippen molar-refractivity contribution >= 4 is 11.7 Å². The van der Waals surface area contributed by atoms with E-state index in [-0.39, 0.29) is 11.7 Å². The lowest BCUT2D eigenvalue weighted by Gasteiger charge is -2.32. The number of nitrogens with zero attached hydrogens (tertiary/aromatic N) is 1. The normalized spacial score (nSPS) is 19.8. The van der Waals surface area contributed by atoms with Gasteiger partial charge in [0.2, 0.25) is 0 Å². The van der Waals surface area contributed by atoms with Crippen molar-refractivity contribution in [1.82, 2.24) is 10.2 Å². The minimum atomic E-state index is -4.49. The summed E-state index contributed by atoms with van der Waals surface area (Å²) in [6.45, 7) is 3.50. The van der Waals surface area contributed by atoms with Gasteiger partial charge in [-0.15, -0.1) is 0 Å². The van der Waals surface area contributed by atoms with Gasteiger partial charge in [0.15, 0.2) is 0 Å². The summed E-state index contributed by atoms with van der Waals surface area (Å²) in [6, 6.07) is 4.60. The van der Waals surface area contributed by atoms with Crippen molar-refractivity contribution in [3.63, 3.8) is 0 Å². The average molecular weight is 287 g/mol. The molecule has 1 heterocycles. The number of alkyl halides is 3. The Morgan fingerprint density at radius 2 is 2.10 bits per heavy atom. The number of anilines is 1. The molecular weight excluding hydrogens is 271 g/mol. The summed E-state index contributed by atoms with van der Waals surface area (Å²) in [5.74, 6) is 0. The maximum atomic E-state index is 12.8. The summed E-state index contributed by atoms with van der Waals surface area (Å²) in [7, 11) is 0. The van der Waals surface area contributed by atoms with Crippen LogP contribution in [0.3, 0.4) is 0 Å². The fourth-order valence-corrected chi connectivity index (χ4v) is 2.15. The highest BCUT2D eigenvalue weighted by Crippen LogP contribution is 2.34. The van der Waals surface area contributed by atoms with Gasteiger partial charge in [0.1, 0.15) is 0 Å². The third-order valence-corrected chi connectivity index (χ3v) is 3.13. The summed E-state index contributed by atoms with van der Waals surface area (Å²) in [6.07, 6.45) is -4.49. The standard InChI is InChI=1S/C13H16F3N3O/c1-9-8-19(7-6-17-9)12(20)18-11-5-3-2-4-10(11)13(14,15)16/h2-5,9,17H,6-8H2,1H3,(H,18,20)/t9-/m1/s1. The van der Waals surface area contributed by atoms with E-state index in [1.165, 1.54) is 23.1 Å². The summed E-state index contributed by atoms with van der Waals surface area (Å²) >= 11 is 0. The fraction of sp³-hybridized carbons (Fsp3) is 0.462. The van der Waals surface area contributed by atoms with Gasteiger partial charge < -0.3 is 15.5 Å². The first-order valence-electron chi connectivity index (χ1n) is 6.33. The van der Waals surface area contributed by atoms with Crippen LogP contribution in [0.2, 0.25) is 0 Å². The number of carbonyl (C=O) groups is 1. The summed E-state index contributed by atoms with van der Waals surface area (Å²) < 4.78 is 38.5. The zero-order chi connectivity index (χ0) is 14.8. The molecule has 1 aliphatic heterocycles. The molecule has 7 heteroatoms. The van der Waals surface area contributed by atoms with E-state index >= 15 is 0 Å². The Morgan fingerprint density at radius 1 is 1.40 bits per heavy atom. The van der Waals surface area contributed by atoms with Crippen molar-refractivity contribution in [2.45, 2.75) is 19.1 Å². The number of nitrogens with one attached hydrogen (secondary N) is 2. The molecule has 1 aromatic carbocycles. The quantitative estimate of drug-likeness (QED) is 0.833. The van der Waals surface area contributed by atoms with Crippen LogP contribution in [0.25, 0.3) is 0 Å². The molecule has 0 spiro atoms. The lowest BCUT2D eigenvalue weighted by molar-refractivity contribution is -0.136. The molecule has 110 valence electrons. The first-order chi connectivity index (χ1) is 9.38. The summed E-state index contributed by atoms with van der Waals surface area (Å²) in [5.41, 5.74) is -1.05. The van der Waals surface area contributed by atoms with Gasteiger partial charge in [-0.1, -0.05) is 12.1 Å². The highest BCUT2D eigenvalue weighted by Gasteiger charge is 2.34. The maximum Gasteiger partial charge on any atom is 0.418 e. The Balaban J connectivity index is 2.12. The Kier molecular flexibility index (Phi) is 4.17. The number of carbonyl (C=O) groups excluding carboxylic acids is 1. The van der Waals surface area contributed by atoms with E-state index in [2.05, 4.69) is 10.6 Å². The van der Waals surface area contributed by atoms with Gasteiger partial charge in [-0.3, -0.25) is 0 Å². The van der Waals surface area contributed by atoms with Crippen molar-refractivity contribution < 1.29 is 18.0 Å². The predicted octanol–water partition coefficient (Wildman–Crippen LogP) is 2.53. The zero-order valence-electron chi connectivity index (χ0n) is 11.0. The van der Waals surface area contributed by atoms with Gasteiger partial charge in [0.25, 0.3) is 0 Å². The highest BCUT2D eigenvalue weighted by atomic mass is 19.4. The molecule has 4 nitrogen and oxygen atoms in total. The number of rotatable bonds is 1. The highest BCUT2D eigenvalue weighted by molar-refractivity contribution is 5.90. The molecule has 0 aliphatic carbocycles. The number of halogens is 3. The van der Waals surface area contributed by atoms with Gasteiger partial charge in [-0.2, -0.15) is 13.2 Å². The predicted molar refractivity (Wildman–Crippen MR) is 69.5 cm³/mol. The monoisotopic (exact) mass is 287 g/mol. The number of hydrogen-bond donors (Lipinski definition) is 2. The molecule has 0 radical (unpaired) electrons. The van der Waals surface area contributed by atoms with Crippen LogP contribution in [-0.4, -0.2) is 36.6 Å². The average Bonchev–Trinajstić information content (AvgIpc) is 2.38. The first-order valence-corrected chi connectivity index (χ1v) is 6.33. The second-order valence-corrected chi connectivity index (χ2v) is 4.77. The third kappa shape index (κ3) is 3.41.